The molecule has 1 aliphatic rings. The summed E-state index contributed by atoms with van der Waals surface area (Å²) in [7, 11) is -2.26. The van der Waals surface area contributed by atoms with E-state index in [-0.39, 0.29) is 11.5 Å². The number of allylic oxidation sites excluding steroid dienone is 5. The first kappa shape index (κ1) is 25.4. The summed E-state index contributed by atoms with van der Waals surface area (Å²) in [6, 6.07) is 33.3. The molecule has 2 heteroatoms. The second-order valence-electron chi connectivity index (χ2n) is 10.6. The number of benzene rings is 3. The van der Waals surface area contributed by atoms with Crippen LogP contribution in [0.2, 0.25) is 0 Å². The predicted molar refractivity (Wildman–Crippen MR) is 156 cm³/mol. The summed E-state index contributed by atoms with van der Waals surface area (Å²) in [5.74, 6) is 0. The van der Waals surface area contributed by atoms with Crippen LogP contribution in [0, 0.1) is 5.41 Å². The second kappa shape index (κ2) is 10.9. The topological polar surface area (TPSA) is 20.2 Å². The van der Waals surface area contributed by atoms with Crippen LogP contribution in [0.3, 0.4) is 0 Å². The third-order valence-electron chi connectivity index (χ3n) is 7.52. The van der Waals surface area contributed by atoms with Gasteiger partial charge in [-0.3, -0.25) is 0 Å². The van der Waals surface area contributed by atoms with E-state index in [4.69, 9.17) is 0 Å². The second-order valence-corrected chi connectivity index (χ2v) is 14.6. The summed E-state index contributed by atoms with van der Waals surface area (Å²) < 4.78 is 0. The van der Waals surface area contributed by atoms with Crippen molar-refractivity contribution < 1.29 is 5.11 Å². The van der Waals surface area contributed by atoms with Crippen molar-refractivity contribution in [1.29, 1.82) is 0 Å². The molecule has 0 amide bonds. The van der Waals surface area contributed by atoms with Crippen LogP contribution in [-0.4, -0.2) is 17.4 Å². The molecule has 3 aromatic carbocycles. The molecule has 1 aliphatic carbocycles. The number of aliphatic hydroxyl groups is 1. The van der Waals surface area contributed by atoms with Crippen LogP contribution in [0.15, 0.2) is 126 Å². The molecule has 0 saturated carbocycles. The zero-order chi connectivity index (χ0) is 24.9. The van der Waals surface area contributed by atoms with Crippen molar-refractivity contribution >= 4 is 23.2 Å². The van der Waals surface area contributed by atoms with Crippen LogP contribution < -0.4 is 15.9 Å². The van der Waals surface area contributed by atoms with E-state index in [1.807, 2.05) is 0 Å². The standard InChI is InChI=1S/C33H39OP/c1-26(20-21-32-27(2)24-28(34)25-33(32,3)4)22-23-35(29-14-8-5-9-15-29,30-16-10-6-11-17-30)31-18-12-7-13-19-31/h5-22,28,34-35H,23-25H2,1-4H3. The summed E-state index contributed by atoms with van der Waals surface area (Å²) in [5.41, 5.74) is 3.95. The van der Waals surface area contributed by atoms with Crippen molar-refractivity contribution in [3.8, 4) is 0 Å². The minimum atomic E-state index is -2.26. The monoisotopic (exact) mass is 482 g/mol. The van der Waals surface area contributed by atoms with E-state index in [9.17, 15) is 5.11 Å². The molecule has 0 heterocycles. The summed E-state index contributed by atoms with van der Waals surface area (Å²) in [6.45, 7) is 8.88. The summed E-state index contributed by atoms with van der Waals surface area (Å²) in [6.07, 6.45) is 9.38. The van der Waals surface area contributed by atoms with Crippen molar-refractivity contribution in [2.75, 3.05) is 6.16 Å². The Kier molecular flexibility index (Phi) is 7.90. The quantitative estimate of drug-likeness (QED) is 0.293. The van der Waals surface area contributed by atoms with Crippen molar-refractivity contribution in [2.45, 2.75) is 46.6 Å². The molecule has 0 aromatic heterocycles. The Balaban J connectivity index is 1.76. The Bertz CT molecular complexity index is 1110. The average molecular weight is 483 g/mol. The van der Waals surface area contributed by atoms with Crippen LogP contribution in [0.1, 0.15) is 40.5 Å². The fourth-order valence-corrected chi connectivity index (χ4v) is 10.4. The van der Waals surface area contributed by atoms with Gasteiger partial charge in [0.05, 0.1) is 0 Å². The van der Waals surface area contributed by atoms with Gasteiger partial charge in [-0.15, -0.1) is 0 Å². The van der Waals surface area contributed by atoms with Gasteiger partial charge in [-0.05, 0) is 0 Å². The third kappa shape index (κ3) is 5.58. The van der Waals surface area contributed by atoms with Crippen molar-refractivity contribution in [2.24, 2.45) is 5.41 Å². The first-order valence-corrected chi connectivity index (χ1v) is 14.9. The van der Waals surface area contributed by atoms with Crippen LogP contribution in [-0.2, 0) is 0 Å². The van der Waals surface area contributed by atoms with Crippen LogP contribution in [0.5, 0.6) is 0 Å². The Morgan fingerprint density at radius 1 is 0.857 bits per heavy atom. The summed E-state index contributed by atoms with van der Waals surface area (Å²) >= 11 is 0. The van der Waals surface area contributed by atoms with Crippen LogP contribution in [0.25, 0.3) is 0 Å². The van der Waals surface area contributed by atoms with Gasteiger partial charge in [0.1, 0.15) is 0 Å². The average Bonchev–Trinajstić information content (AvgIpc) is 2.85. The molecule has 182 valence electrons. The molecule has 0 fully saturated rings. The zero-order valence-electron chi connectivity index (χ0n) is 21.5. The fourth-order valence-electron chi connectivity index (χ4n) is 5.80. The predicted octanol–water partition coefficient (Wildman–Crippen LogP) is 6.71. The van der Waals surface area contributed by atoms with E-state index in [0.717, 1.165) is 19.0 Å². The Morgan fingerprint density at radius 2 is 1.31 bits per heavy atom. The summed E-state index contributed by atoms with van der Waals surface area (Å²) in [5, 5.41) is 14.6. The SMILES string of the molecule is CC(C=CC1=C(C)CC(O)CC1(C)C)=CC[PH](c1ccccc1)(c1ccccc1)c1ccccc1. The van der Waals surface area contributed by atoms with E-state index in [1.54, 1.807) is 0 Å². The number of aliphatic hydroxyl groups excluding tert-OH is 1. The number of hydrogen-bond acceptors (Lipinski definition) is 1. The maximum atomic E-state index is 10.2. The molecule has 1 nitrogen and oxygen atoms in total. The molecule has 4 rings (SSSR count). The van der Waals surface area contributed by atoms with Crippen LogP contribution >= 0.6 is 7.26 Å². The molecule has 0 bridgehead atoms. The molecule has 1 N–H and O–H groups in total. The molecule has 1 unspecified atom stereocenters. The normalized spacial score (nSPS) is 19.2. The molecular formula is C33H39OP. The Labute approximate surface area is 212 Å². The van der Waals surface area contributed by atoms with Gasteiger partial charge in [0.2, 0.25) is 0 Å². The summed E-state index contributed by atoms with van der Waals surface area (Å²) in [4.78, 5) is 0. The molecular weight excluding hydrogens is 443 g/mol. The van der Waals surface area contributed by atoms with Crippen molar-refractivity contribution in [3.05, 3.63) is 126 Å². The van der Waals surface area contributed by atoms with Gasteiger partial charge in [0, 0.05) is 0 Å². The van der Waals surface area contributed by atoms with Gasteiger partial charge in [-0.2, -0.15) is 0 Å². The molecule has 0 radical (unpaired) electrons. The van der Waals surface area contributed by atoms with Gasteiger partial charge in [0.25, 0.3) is 0 Å². The van der Waals surface area contributed by atoms with Gasteiger partial charge in [-0.1, -0.05) is 0 Å². The maximum absolute atomic E-state index is 10.2. The molecule has 0 spiro atoms. The van der Waals surface area contributed by atoms with Gasteiger partial charge >= 0.3 is 212 Å². The molecule has 0 aliphatic heterocycles. The van der Waals surface area contributed by atoms with E-state index in [1.165, 1.54) is 32.6 Å². The minimum absolute atomic E-state index is 0.00481. The van der Waals surface area contributed by atoms with E-state index in [2.05, 4.69) is 137 Å². The van der Waals surface area contributed by atoms with E-state index >= 15 is 0 Å². The third-order valence-corrected chi connectivity index (χ3v) is 12.3. The number of hydrogen-bond donors (Lipinski definition) is 1. The van der Waals surface area contributed by atoms with Crippen molar-refractivity contribution in [3.63, 3.8) is 0 Å². The molecule has 1 atom stereocenters. The van der Waals surface area contributed by atoms with Gasteiger partial charge < -0.3 is 0 Å². The Hall–Kier alpha value is -2.73. The first-order valence-electron chi connectivity index (χ1n) is 12.7. The number of rotatable bonds is 7. The van der Waals surface area contributed by atoms with E-state index < -0.39 is 7.26 Å². The fraction of sp³-hybridized carbons (Fsp3) is 0.273. The van der Waals surface area contributed by atoms with Crippen LogP contribution in [0.4, 0.5) is 0 Å². The molecule has 35 heavy (non-hydrogen) atoms. The molecule has 0 saturated heterocycles. The van der Waals surface area contributed by atoms with E-state index in [0.29, 0.717) is 0 Å². The first-order chi connectivity index (χ1) is 16.8. The zero-order valence-corrected chi connectivity index (χ0v) is 22.5. The van der Waals surface area contributed by atoms with Gasteiger partial charge in [-0.25, -0.2) is 0 Å². The van der Waals surface area contributed by atoms with Gasteiger partial charge in [0.15, 0.2) is 0 Å². The van der Waals surface area contributed by atoms with Crippen molar-refractivity contribution in [1.82, 2.24) is 0 Å². The molecule has 3 aromatic rings. The Morgan fingerprint density at radius 3 is 1.74 bits per heavy atom.